The van der Waals surface area contributed by atoms with Crippen LogP contribution in [-0.2, 0) is 12.0 Å². The van der Waals surface area contributed by atoms with Crippen molar-refractivity contribution in [2.45, 2.75) is 52.1 Å². The number of aromatic nitrogens is 2. The molecule has 0 fully saturated rings. The molecule has 0 aliphatic carbocycles. The van der Waals surface area contributed by atoms with Crippen molar-refractivity contribution in [2.24, 2.45) is 5.73 Å². The van der Waals surface area contributed by atoms with Gasteiger partial charge in [0.25, 0.3) is 0 Å². The van der Waals surface area contributed by atoms with Gasteiger partial charge in [-0.25, -0.2) is 4.98 Å². The summed E-state index contributed by atoms with van der Waals surface area (Å²) in [6, 6.07) is 8.55. The minimum absolute atomic E-state index is 0.0449. The van der Waals surface area contributed by atoms with Crippen LogP contribution in [0.1, 0.15) is 39.9 Å². The lowest BCUT2D eigenvalue weighted by atomic mass is 10.1. The van der Waals surface area contributed by atoms with E-state index < -0.39 is 0 Å². The normalized spacial score (nSPS) is 14.1. The zero-order valence-corrected chi connectivity index (χ0v) is 11.8. The summed E-state index contributed by atoms with van der Waals surface area (Å²) in [4.78, 5) is 4.76. The van der Waals surface area contributed by atoms with Gasteiger partial charge in [-0.1, -0.05) is 12.1 Å². The highest BCUT2D eigenvalue weighted by molar-refractivity contribution is 5.76. The highest BCUT2D eigenvalue weighted by Gasteiger charge is 2.20. The van der Waals surface area contributed by atoms with Crippen molar-refractivity contribution in [3.8, 4) is 0 Å². The first-order chi connectivity index (χ1) is 8.39. The van der Waals surface area contributed by atoms with Gasteiger partial charge in [0.05, 0.1) is 11.0 Å². The van der Waals surface area contributed by atoms with E-state index in [2.05, 4.69) is 43.5 Å². The molecule has 1 atom stereocenters. The van der Waals surface area contributed by atoms with E-state index in [0.29, 0.717) is 0 Å². The van der Waals surface area contributed by atoms with Gasteiger partial charge in [-0.2, -0.15) is 0 Å². The fraction of sp³-hybridized carbons (Fsp3) is 0.533. The van der Waals surface area contributed by atoms with Crippen molar-refractivity contribution in [1.82, 2.24) is 9.55 Å². The summed E-state index contributed by atoms with van der Waals surface area (Å²) in [5.74, 6) is 1.14. The number of nitrogens with two attached hydrogens (primary N) is 1. The van der Waals surface area contributed by atoms with Crippen LogP contribution < -0.4 is 5.73 Å². The van der Waals surface area contributed by atoms with E-state index in [-0.39, 0.29) is 11.6 Å². The van der Waals surface area contributed by atoms with E-state index in [1.165, 1.54) is 5.52 Å². The van der Waals surface area contributed by atoms with Gasteiger partial charge in [0.15, 0.2) is 0 Å². The van der Waals surface area contributed by atoms with Gasteiger partial charge in [0.2, 0.25) is 0 Å². The average Bonchev–Trinajstić information content (AvgIpc) is 2.63. The molecule has 3 heteroatoms. The predicted octanol–water partition coefficient (Wildman–Crippen LogP) is 3.07. The van der Waals surface area contributed by atoms with Crippen LogP contribution in [0.4, 0.5) is 0 Å². The Hall–Kier alpha value is -1.35. The van der Waals surface area contributed by atoms with E-state index in [1.807, 2.05) is 13.0 Å². The third-order valence-electron chi connectivity index (χ3n) is 3.12. The second-order valence-corrected chi connectivity index (χ2v) is 6.04. The Morgan fingerprint density at radius 1 is 1.28 bits per heavy atom. The Balaban J connectivity index is 2.50. The van der Waals surface area contributed by atoms with E-state index in [4.69, 9.17) is 10.7 Å². The zero-order valence-electron chi connectivity index (χ0n) is 11.8. The van der Waals surface area contributed by atoms with E-state index in [1.54, 1.807) is 0 Å². The molecule has 1 heterocycles. The highest BCUT2D eigenvalue weighted by Crippen LogP contribution is 2.25. The number of aryl methyl sites for hydroxylation is 1. The molecule has 0 bridgehead atoms. The second kappa shape index (κ2) is 4.73. The SMILES string of the molecule is CC(N)CCc1nc2ccccc2n1C(C)(C)C. The number of hydrogen-bond donors (Lipinski definition) is 1. The first-order valence-corrected chi connectivity index (χ1v) is 6.62. The molecular formula is C15H23N3. The van der Waals surface area contributed by atoms with Crippen molar-refractivity contribution in [3.63, 3.8) is 0 Å². The molecule has 2 rings (SSSR count). The predicted molar refractivity (Wildman–Crippen MR) is 76.7 cm³/mol. The molecule has 0 saturated carbocycles. The number of rotatable bonds is 3. The Morgan fingerprint density at radius 3 is 2.56 bits per heavy atom. The largest absolute Gasteiger partial charge is 0.328 e. The Labute approximate surface area is 109 Å². The second-order valence-electron chi connectivity index (χ2n) is 6.04. The maximum atomic E-state index is 5.86. The fourth-order valence-corrected chi connectivity index (χ4v) is 2.35. The molecule has 3 nitrogen and oxygen atoms in total. The number of imidazole rings is 1. The molecule has 2 N–H and O–H groups in total. The summed E-state index contributed by atoms with van der Waals surface area (Å²) in [7, 11) is 0. The molecule has 0 aliphatic rings. The van der Waals surface area contributed by atoms with Crippen molar-refractivity contribution in [2.75, 3.05) is 0 Å². The lowest BCUT2D eigenvalue weighted by molar-refractivity contribution is 0.391. The van der Waals surface area contributed by atoms with Gasteiger partial charge in [-0.15, -0.1) is 0 Å². The molecular weight excluding hydrogens is 222 g/mol. The van der Waals surface area contributed by atoms with Crippen LogP contribution in [0.15, 0.2) is 24.3 Å². The van der Waals surface area contributed by atoms with Crippen LogP contribution in [0, 0.1) is 0 Å². The molecule has 0 radical (unpaired) electrons. The standard InChI is InChI=1S/C15H23N3/c1-11(16)9-10-14-17-12-7-5-6-8-13(12)18(14)15(2,3)4/h5-8,11H,9-10,16H2,1-4H3. The monoisotopic (exact) mass is 245 g/mol. The molecule has 1 aromatic heterocycles. The molecule has 98 valence electrons. The van der Waals surface area contributed by atoms with Gasteiger partial charge >= 0.3 is 0 Å². The van der Waals surface area contributed by atoms with Crippen molar-refractivity contribution in [3.05, 3.63) is 30.1 Å². The maximum Gasteiger partial charge on any atom is 0.110 e. The van der Waals surface area contributed by atoms with Crippen LogP contribution in [0.3, 0.4) is 0 Å². The smallest absolute Gasteiger partial charge is 0.110 e. The molecule has 0 saturated heterocycles. The van der Waals surface area contributed by atoms with Crippen LogP contribution >= 0.6 is 0 Å². The minimum atomic E-state index is 0.0449. The Morgan fingerprint density at radius 2 is 1.94 bits per heavy atom. The number of fused-ring (bicyclic) bond motifs is 1. The summed E-state index contributed by atoms with van der Waals surface area (Å²) in [6.45, 7) is 8.70. The quantitative estimate of drug-likeness (QED) is 0.903. The summed E-state index contributed by atoms with van der Waals surface area (Å²) >= 11 is 0. The summed E-state index contributed by atoms with van der Waals surface area (Å²) in [6.07, 6.45) is 1.91. The Bertz CT molecular complexity index is 532. The number of para-hydroxylation sites is 2. The van der Waals surface area contributed by atoms with Crippen molar-refractivity contribution in [1.29, 1.82) is 0 Å². The molecule has 0 aliphatic heterocycles. The molecule has 0 spiro atoms. The summed E-state index contributed by atoms with van der Waals surface area (Å²) in [5.41, 5.74) is 8.19. The highest BCUT2D eigenvalue weighted by atomic mass is 15.1. The fourth-order valence-electron chi connectivity index (χ4n) is 2.35. The molecule has 1 unspecified atom stereocenters. The van der Waals surface area contributed by atoms with Crippen LogP contribution in [0.25, 0.3) is 11.0 Å². The van der Waals surface area contributed by atoms with Gasteiger partial charge in [-0.3, -0.25) is 0 Å². The van der Waals surface area contributed by atoms with E-state index in [0.717, 1.165) is 24.2 Å². The van der Waals surface area contributed by atoms with Crippen LogP contribution in [0.5, 0.6) is 0 Å². The van der Waals surface area contributed by atoms with Gasteiger partial charge in [0, 0.05) is 18.0 Å². The van der Waals surface area contributed by atoms with Crippen LogP contribution in [-0.4, -0.2) is 15.6 Å². The molecule has 1 aromatic carbocycles. The third kappa shape index (κ3) is 2.56. The number of benzene rings is 1. The topological polar surface area (TPSA) is 43.8 Å². The van der Waals surface area contributed by atoms with Crippen LogP contribution in [0.2, 0.25) is 0 Å². The van der Waals surface area contributed by atoms with E-state index >= 15 is 0 Å². The van der Waals surface area contributed by atoms with E-state index in [9.17, 15) is 0 Å². The average molecular weight is 245 g/mol. The molecule has 2 aromatic rings. The summed E-state index contributed by atoms with van der Waals surface area (Å²) < 4.78 is 2.34. The Kier molecular flexibility index (Phi) is 3.44. The van der Waals surface area contributed by atoms with Crippen molar-refractivity contribution >= 4 is 11.0 Å². The minimum Gasteiger partial charge on any atom is -0.328 e. The van der Waals surface area contributed by atoms with Gasteiger partial charge < -0.3 is 10.3 Å². The van der Waals surface area contributed by atoms with Gasteiger partial charge in [-0.05, 0) is 46.2 Å². The van der Waals surface area contributed by atoms with Gasteiger partial charge in [0.1, 0.15) is 5.82 Å². The number of hydrogen-bond acceptors (Lipinski definition) is 2. The van der Waals surface area contributed by atoms with Crippen molar-refractivity contribution < 1.29 is 0 Å². The molecule has 18 heavy (non-hydrogen) atoms. The lowest BCUT2D eigenvalue weighted by Crippen LogP contribution is -2.25. The number of nitrogens with zero attached hydrogens (tertiary/aromatic N) is 2. The maximum absolute atomic E-state index is 5.86. The third-order valence-corrected chi connectivity index (χ3v) is 3.12. The molecule has 0 amide bonds. The lowest BCUT2D eigenvalue weighted by Gasteiger charge is -2.25. The first kappa shape index (κ1) is 13.1. The first-order valence-electron chi connectivity index (χ1n) is 6.62. The zero-order chi connectivity index (χ0) is 13.3. The summed E-state index contributed by atoms with van der Waals surface area (Å²) in [5, 5.41) is 0.